The molecule has 4 nitrogen and oxygen atoms in total. The van der Waals surface area contributed by atoms with Crippen LogP contribution in [0.5, 0.6) is 0 Å². The van der Waals surface area contributed by atoms with Crippen LogP contribution < -0.4 is 5.31 Å². The van der Waals surface area contributed by atoms with Crippen molar-refractivity contribution in [2.75, 3.05) is 18.4 Å². The summed E-state index contributed by atoms with van der Waals surface area (Å²) in [5, 5.41) is 1.38. The molecule has 1 N–H and O–H groups in total. The van der Waals surface area contributed by atoms with Gasteiger partial charge in [0.1, 0.15) is 22.8 Å². The maximum Gasteiger partial charge on any atom is 0.162 e. The number of thiophene rings is 1. The number of hydrogen-bond acceptors (Lipinski definition) is 5. The third-order valence-electron chi connectivity index (χ3n) is 4.12. The number of aromatic nitrogens is 2. The van der Waals surface area contributed by atoms with Crippen molar-refractivity contribution in [2.24, 2.45) is 0 Å². The zero-order valence-electron chi connectivity index (χ0n) is 17.5. The average molecular weight is 415 g/mol. The Bertz CT molecular complexity index is 1090. The Labute approximate surface area is 170 Å². The van der Waals surface area contributed by atoms with E-state index in [2.05, 4.69) is 9.97 Å². The molecule has 0 bridgehead atoms. The van der Waals surface area contributed by atoms with Crippen LogP contribution in [-0.4, -0.2) is 34.0 Å². The van der Waals surface area contributed by atoms with Crippen LogP contribution in [0.2, 0.25) is 10.8 Å². The first kappa shape index (κ1) is 13.7. The second kappa shape index (κ2) is 7.64. The predicted octanol–water partition coefficient (Wildman–Crippen LogP) is 5.21. The predicted molar refractivity (Wildman–Crippen MR) is 106 cm³/mol. The first-order chi connectivity index (χ1) is 14.2. The summed E-state index contributed by atoms with van der Waals surface area (Å²) in [5.74, 6) is -0.343. The van der Waals surface area contributed by atoms with Gasteiger partial charge in [0.15, 0.2) is 1.41 Å². The number of fused-ring (bicyclic) bond motifs is 1. The van der Waals surface area contributed by atoms with Gasteiger partial charge in [0.2, 0.25) is 0 Å². The quantitative estimate of drug-likeness (QED) is 0.635. The van der Waals surface area contributed by atoms with Crippen molar-refractivity contribution >= 4 is 50.6 Å². The minimum atomic E-state index is -1.28. The van der Waals surface area contributed by atoms with E-state index in [0.717, 1.165) is 16.6 Å². The summed E-state index contributed by atoms with van der Waals surface area (Å²) >= 11 is 13.0. The maximum atomic E-state index is 13.4. The van der Waals surface area contributed by atoms with Crippen molar-refractivity contribution in [1.82, 2.24) is 14.9 Å². The highest BCUT2D eigenvalue weighted by Crippen LogP contribution is 2.32. The van der Waals surface area contributed by atoms with Gasteiger partial charge in [-0.3, -0.25) is 4.90 Å². The Morgan fingerprint density at radius 2 is 2.23 bits per heavy atom. The summed E-state index contributed by atoms with van der Waals surface area (Å²) < 4.78 is 47.7. The largest absolute Gasteiger partial charge is 0.367 e. The second-order valence-corrected chi connectivity index (χ2v) is 7.90. The first-order valence-corrected chi connectivity index (χ1v) is 9.58. The first-order valence-electron chi connectivity index (χ1n) is 10.0. The molecule has 1 unspecified atom stereocenters. The highest BCUT2D eigenvalue weighted by atomic mass is 35.5. The van der Waals surface area contributed by atoms with Gasteiger partial charge in [-0.25, -0.2) is 14.4 Å². The molecule has 8 heteroatoms. The number of anilines is 1. The van der Waals surface area contributed by atoms with Crippen molar-refractivity contribution in [3.05, 3.63) is 51.3 Å². The summed E-state index contributed by atoms with van der Waals surface area (Å²) in [6.45, 7) is 0.0519. The van der Waals surface area contributed by atoms with E-state index in [1.807, 2.05) is 4.90 Å². The van der Waals surface area contributed by atoms with E-state index in [1.54, 1.807) is 0 Å². The molecule has 3 aromatic rings. The topological polar surface area (TPSA) is 41.1 Å². The molecule has 1 aliphatic rings. The summed E-state index contributed by atoms with van der Waals surface area (Å²) in [4.78, 5) is 10.6. The number of likely N-dealkylation sites (tertiary alicyclic amines) is 1. The molecule has 3 heterocycles. The highest BCUT2D eigenvalue weighted by Gasteiger charge is 2.21. The Balaban J connectivity index is 1.53. The average Bonchev–Trinajstić information content (AvgIpc) is 3.03. The van der Waals surface area contributed by atoms with Gasteiger partial charge in [-0.2, -0.15) is 0 Å². The normalized spacial score (nSPS) is 20.9. The zero-order chi connectivity index (χ0) is 21.6. The van der Waals surface area contributed by atoms with Crippen molar-refractivity contribution in [3.8, 4) is 0 Å². The van der Waals surface area contributed by atoms with Gasteiger partial charge in [0, 0.05) is 27.0 Å². The van der Waals surface area contributed by atoms with Gasteiger partial charge in [0.05, 0.1) is 17.5 Å². The third-order valence-corrected chi connectivity index (χ3v) is 5.52. The molecule has 1 saturated heterocycles. The Kier molecular flexibility index (Phi) is 4.02. The molecule has 0 amide bonds. The van der Waals surface area contributed by atoms with Crippen LogP contribution >= 0.6 is 34.5 Å². The molecule has 0 saturated carbocycles. The molecule has 4 rings (SSSR count). The third kappa shape index (κ3) is 3.93. The van der Waals surface area contributed by atoms with Gasteiger partial charge in [0.25, 0.3) is 0 Å². The SMILES string of the molecule is [2H]c1c(Cl)sc2ncnc(N([2H])C3([2H])CCN(C([2H])c4ccc(F)c(Cl)c4)CC3)c12. The fourth-order valence-electron chi connectivity index (χ4n) is 2.82. The minimum absolute atomic E-state index is 0.0256. The standard InChI is InChI=1S/C18H17Cl2FN4S/c19-14-7-11(1-2-15(14)21)9-25-5-3-12(4-6-25)24-17-13-8-16(20)26-18(13)23-10-22-17/h1-2,7-8,10,12H,3-6,9H2,(H,22,23,24)/i8D,9D,12D/hD. The molecule has 1 aliphatic heterocycles. The number of halogens is 3. The fourth-order valence-corrected chi connectivity index (χ4v) is 3.99. The van der Waals surface area contributed by atoms with Gasteiger partial charge in [-0.1, -0.05) is 29.3 Å². The van der Waals surface area contributed by atoms with Crippen LogP contribution in [0, 0.1) is 5.82 Å². The van der Waals surface area contributed by atoms with E-state index in [1.165, 1.54) is 24.5 Å². The van der Waals surface area contributed by atoms with Crippen molar-refractivity contribution in [1.29, 1.82) is 0 Å². The van der Waals surface area contributed by atoms with Gasteiger partial charge < -0.3 is 5.31 Å². The molecule has 26 heavy (non-hydrogen) atoms. The molecule has 2 aromatic heterocycles. The number of nitrogens with one attached hydrogen (secondary N) is 1. The maximum absolute atomic E-state index is 13.4. The lowest BCUT2D eigenvalue weighted by Crippen LogP contribution is -2.38. The van der Waals surface area contributed by atoms with E-state index in [9.17, 15) is 4.39 Å². The van der Waals surface area contributed by atoms with E-state index in [0.29, 0.717) is 28.9 Å². The molecule has 0 radical (unpaired) electrons. The number of benzene rings is 1. The lowest BCUT2D eigenvalue weighted by Gasteiger charge is -2.32. The van der Waals surface area contributed by atoms with E-state index in [-0.39, 0.29) is 34.1 Å². The zero-order valence-corrected chi connectivity index (χ0v) is 15.9. The van der Waals surface area contributed by atoms with Crippen LogP contribution in [0.3, 0.4) is 0 Å². The Morgan fingerprint density at radius 3 is 3.00 bits per heavy atom. The monoisotopic (exact) mass is 414 g/mol. The Hall–Kier alpha value is -1.47. The molecule has 136 valence electrons. The van der Waals surface area contributed by atoms with E-state index >= 15 is 0 Å². The van der Waals surface area contributed by atoms with Gasteiger partial charge >= 0.3 is 0 Å². The molecular formula is C18H17Cl2FN4S. The second-order valence-electron chi connectivity index (χ2n) is 5.89. The van der Waals surface area contributed by atoms with E-state index in [4.69, 9.17) is 28.7 Å². The molecule has 1 aromatic carbocycles. The van der Waals surface area contributed by atoms with Gasteiger partial charge in [-0.05, 0) is 36.6 Å². The number of piperidine rings is 1. The molecule has 1 fully saturated rings. The van der Waals surface area contributed by atoms with Gasteiger partial charge in [-0.15, -0.1) is 11.3 Å². The summed E-state index contributed by atoms with van der Waals surface area (Å²) in [5.41, 5.74) is 0.575. The number of nitrogens with zero attached hydrogens (tertiary/aromatic N) is 3. The molecule has 1 atom stereocenters. The van der Waals surface area contributed by atoms with E-state index < -0.39 is 18.4 Å². The van der Waals surface area contributed by atoms with Crippen LogP contribution in [0.1, 0.15) is 22.5 Å². The smallest absolute Gasteiger partial charge is 0.162 e. The number of rotatable bonds is 4. The fraction of sp³-hybridized carbons (Fsp3) is 0.333. The summed E-state index contributed by atoms with van der Waals surface area (Å²) in [7, 11) is 0. The van der Waals surface area contributed by atoms with Crippen molar-refractivity contribution in [2.45, 2.75) is 25.4 Å². The van der Waals surface area contributed by atoms with Crippen molar-refractivity contribution < 1.29 is 9.91 Å². The molecular weight excluding hydrogens is 394 g/mol. The molecule has 0 spiro atoms. The summed E-state index contributed by atoms with van der Waals surface area (Å²) in [6, 6.07) is 3.01. The number of hydrogen-bond donors (Lipinski definition) is 1. The molecule has 0 aliphatic carbocycles. The van der Waals surface area contributed by atoms with Crippen LogP contribution in [0.15, 0.2) is 30.6 Å². The van der Waals surface area contributed by atoms with Crippen LogP contribution in [-0.2, 0) is 6.52 Å². The lowest BCUT2D eigenvalue weighted by molar-refractivity contribution is 0.211. The van der Waals surface area contributed by atoms with Crippen molar-refractivity contribution in [3.63, 3.8) is 0 Å². The van der Waals surface area contributed by atoms with Crippen LogP contribution in [0.4, 0.5) is 10.2 Å². The lowest BCUT2D eigenvalue weighted by atomic mass is 10.0. The highest BCUT2D eigenvalue weighted by molar-refractivity contribution is 7.22. The minimum Gasteiger partial charge on any atom is -0.367 e. The Morgan fingerprint density at radius 1 is 1.42 bits per heavy atom. The summed E-state index contributed by atoms with van der Waals surface area (Å²) in [6.07, 6.45) is 1.89. The van der Waals surface area contributed by atoms with Crippen LogP contribution in [0.25, 0.3) is 10.2 Å².